The SMILES string of the molecule is COC(=O)c1ccc2c(c1)N(C)C(=O)C1CNCC(C(=O)OC(C)(C)C)N21. The minimum absolute atomic E-state index is 0.148. The van der Waals surface area contributed by atoms with Crippen LogP contribution < -0.4 is 15.1 Å². The molecule has 0 spiro atoms. The van der Waals surface area contributed by atoms with E-state index in [1.807, 2.05) is 25.7 Å². The molecule has 2 unspecified atom stereocenters. The first-order valence-electron chi connectivity index (χ1n) is 8.86. The van der Waals surface area contributed by atoms with Gasteiger partial charge in [-0.2, -0.15) is 0 Å². The minimum Gasteiger partial charge on any atom is -0.465 e. The van der Waals surface area contributed by atoms with Crippen LogP contribution in [0.2, 0.25) is 0 Å². The number of piperazine rings is 1. The van der Waals surface area contributed by atoms with Gasteiger partial charge in [0.05, 0.1) is 24.0 Å². The third-order valence-electron chi connectivity index (χ3n) is 4.68. The van der Waals surface area contributed by atoms with E-state index in [2.05, 4.69) is 5.32 Å². The predicted octanol–water partition coefficient (Wildman–Crippen LogP) is 0.938. The van der Waals surface area contributed by atoms with E-state index < -0.39 is 23.7 Å². The molecule has 0 bridgehead atoms. The van der Waals surface area contributed by atoms with Gasteiger partial charge in [-0.3, -0.25) is 4.79 Å². The molecule has 1 fully saturated rings. The standard InChI is InChI=1S/C19H25N3O5/c1-19(2,3)27-18(25)15-10-20-9-14-16(23)21(4)13-8-11(17(24)26-5)6-7-12(13)22(14)15/h6-8,14-15,20H,9-10H2,1-5H3. The molecular weight excluding hydrogens is 350 g/mol. The average molecular weight is 375 g/mol. The molecule has 0 radical (unpaired) electrons. The van der Waals surface area contributed by atoms with Crippen molar-refractivity contribution in [1.29, 1.82) is 0 Å². The Balaban J connectivity index is 2.04. The Morgan fingerprint density at radius 2 is 1.89 bits per heavy atom. The number of carbonyl (C=O) groups is 3. The van der Waals surface area contributed by atoms with Crippen molar-refractivity contribution in [1.82, 2.24) is 5.32 Å². The molecule has 1 N–H and O–H groups in total. The van der Waals surface area contributed by atoms with Crippen LogP contribution in [0.1, 0.15) is 31.1 Å². The van der Waals surface area contributed by atoms with Crippen molar-refractivity contribution in [2.24, 2.45) is 0 Å². The van der Waals surface area contributed by atoms with Crippen molar-refractivity contribution in [2.45, 2.75) is 38.5 Å². The van der Waals surface area contributed by atoms with Crippen LogP contribution in [0.25, 0.3) is 0 Å². The number of nitrogens with zero attached hydrogens (tertiary/aromatic N) is 2. The number of anilines is 2. The number of methoxy groups -OCH3 is 1. The number of fused-ring (bicyclic) bond motifs is 3. The second-order valence-corrected chi connectivity index (χ2v) is 7.72. The lowest BCUT2D eigenvalue weighted by Crippen LogP contribution is -2.67. The summed E-state index contributed by atoms with van der Waals surface area (Å²) in [5.41, 5.74) is 0.998. The summed E-state index contributed by atoms with van der Waals surface area (Å²) in [7, 11) is 2.97. The normalized spacial score (nSPS) is 22.0. The predicted molar refractivity (Wildman–Crippen MR) is 100.0 cm³/mol. The molecule has 1 amide bonds. The molecule has 0 aromatic heterocycles. The summed E-state index contributed by atoms with van der Waals surface area (Å²) < 4.78 is 10.3. The van der Waals surface area contributed by atoms with Crippen molar-refractivity contribution in [3.05, 3.63) is 23.8 Å². The molecule has 8 nitrogen and oxygen atoms in total. The highest BCUT2D eigenvalue weighted by Gasteiger charge is 2.45. The summed E-state index contributed by atoms with van der Waals surface area (Å²) in [5.74, 6) is -1.02. The summed E-state index contributed by atoms with van der Waals surface area (Å²) >= 11 is 0. The number of amides is 1. The second kappa shape index (κ2) is 6.84. The van der Waals surface area contributed by atoms with Gasteiger partial charge in [0, 0.05) is 20.1 Å². The van der Waals surface area contributed by atoms with Crippen molar-refractivity contribution in [3.8, 4) is 0 Å². The van der Waals surface area contributed by atoms with Crippen LogP contribution in [0.4, 0.5) is 11.4 Å². The number of benzene rings is 1. The van der Waals surface area contributed by atoms with E-state index in [9.17, 15) is 14.4 Å². The lowest BCUT2D eigenvalue weighted by Gasteiger charge is -2.48. The first-order valence-corrected chi connectivity index (χ1v) is 8.86. The number of nitrogens with one attached hydrogen (secondary N) is 1. The molecule has 8 heteroatoms. The smallest absolute Gasteiger partial charge is 0.337 e. The van der Waals surface area contributed by atoms with E-state index in [-0.39, 0.29) is 11.9 Å². The van der Waals surface area contributed by atoms with Crippen LogP contribution in [0.5, 0.6) is 0 Å². The quantitative estimate of drug-likeness (QED) is 0.770. The summed E-state index contributed by atoms with van der Waals surface area (Å²) in [4.78, 5) is 40.9. The third kappa shape index (κ3) is 3.49. The van der Waals surface area contributed by atoms with Gasteiger partial charge in [-0.15, -0.1) is 0 Å². The van der Waals surface area contributed by atoms with E-state index in [1.54, 1.807) is 25.2 Å². The van der Waals surface area contributed by atoms with Crippen LogP contribution in [0.15, 0.2) is 18.2 Å². The maximum Gasteiger partial charge on any atom is 0.337 e. The summed E-state index contributed by atoms with van der Waals surface area (Å²) in [6, 6.07) is 3.85. The highest BCUT2D eigenvalue weighted by atomic mass is 16.6. The van der Waals surface area contributed by atoms with Crippen LogP contribution in [-0.2, 0) is 19.1 Å². The van der Waals surface area contributed by atoms with Gasteiger partial charge >= 0.3 is 11.9 Å². The first kappa shape index (κ1) is 19.2. The molecule has 0 aliphatic carbocycles. The molecule has 2 aliphatic rings. The number of hydrogen-bond donors (Lipinski definition) is 1. The molecular formula is C19H25N3O5. The van der Waals surface area contributed by atoms with E-state index in [0.717, 1.165) is 0 Å². The maximum absolute atomic E-state index is 12.9. The lowest BCUT2D eigenvalue weighted by molar-refractivity contribution is -0.157. The van der Waals surface area contributed by atoms with Gasteiger partial charge in [-0.05, 0) is 39.0 Å². The summed E-state index contributed by atoms with van der Waals surface area (Å²) in [6.45, 7) is 6.24. The maximum atomic E-state index is 12.9. The van der Waals surface area contributed by atoms with E-state index in [1.165, 1.54) is 12.0 Å². The molecule has 1 aromatic carbocycles. The average Bonchev–Trinajstić information content (AvgIpc) is 2.63. The van der Waals surface area contributed by atoms with Crippen molar-refractivity contribution < 1.29 is 23.9 Å². The van der Waals surface area contributed by atoms with Crippen LogP contribution in [0.3, 0.4) is 0 Å². The Morgan fingerprint density at radius 1 is 1.19 bits per heavy atom. The summed E-state index contributed by atoms with van der Waals surface area (Å²) in [5, 5.41) is 3.16. The number of rotatable bonds is 2. The molecule has 0 saturated carbocycles. The number of carbonyl (C=O) groups excluding carboxylic acids is 3. The third-order valence-corrected chi connectivity index (χ3v) is 4.68. The van der Waals surface area contributed by atoms with Crippen molar-refractivity contribution >= 4 is 29.2 Å². The molecule has 27 heavy (non-hydrogen) atoms. The monoisotopic (exact) mass is 375 g/mol. The second-order valence-electron chi connectivity index (χ2n) is 7.72. The topological polar surface area (TPSA) is 88.2 Å². The first-order chi connectivity index (χ1) is 12.6. The van der Waals surface area contributed by atoms with Crippen LogP contribution >= 0.6 is 0 Å². The van der Waals surface area contributed by atoms with Crippen LogP contribution in [0, 0.1) is 0 Å². The fraction of sp³-hybridized carbons (Fsp3) is 0.526. The van der Waals surface area contributed by atoms with Gasteiger partial charge < -0.3 is 24.6 Å². The largest absolute Gasteiger partial charge is 0.465 e. The molecule has 1 aromatic rings. The fourth-order valence-corrected chi connectivity index (χ4v) is 3.48. The van der Waals surface area contributed by atoms with E-state index in [0.29, 0.717) is 30.0 Å². The highest BCUT2D eigenvalue weighted by molar-refractivity contribution is 6.08. The Kier molecular flexibility index (Phi) is 4.86. The van der Waals surface area contributed by atoms with Crippen molar-refractivity contribution in [3.63, 3.8) is 0 Å². The van der Waals surface area contributed by atoms with E-state index in [4.69, 9.17) is 9.47 Å². The Labute approximate surface area is 158 Å². The Morgan fingerprint density at radius 3 is 2.52 bits per heavy atom. The Hall–Kier alpha value is -2.61. The lowest BCUT2D eigenvalue weighted by atomic mass is 9.98. The number of hydrogen-bond acceptors (Lipinski definition) is 7. The molecule has 146 valence electrons. The van der Waals surface area contributed by atoms with Gasteiger partial charge in [-0.25, -0.2) is 9.59 Å². The molecule has 2 atom stereocenters. The zero-order valence-electron chi connectivity index (χ0n) is 16.2. The van der Waals surface area contributed by atoms with Crippen molar-refractivity contribution in [2.75, 3.05) is 37.0 Å². The molecule has 3 rings (SSSR count). The fourth-order valence-electron chi connectivity index (χ4n) is 3.48. The van der Waals surface area contributed by atoms with Gasteiger partial charge in [0.2, 0.25) is 0 Å². The zero-order chi connectivity index (χ0) is 19.9. The van der Waals surface area contributed by atoms with Crippen LogP contribution in [-0.4, -0.2) is 62.8 Å². The number of ether oxygens (including phenoxy) is 2. The van der Waals surface area contributed by atoms with Gasteiger partial charge in [0.15, 0.2) is 0 Å². The highest BCUT2D eigenvalue weighted by Crippen LogP contribution is 2.38. The molecule has 2 aliphatic heterocycles. The van der Waals surface area contributed by atoms with Gasteiger partial charge in [0.1, 0.15) is 17.7 Å². The minimum atomic E-state index is -0.636. The number of likely N-dealkylation sites (N-methyl/N-ethyl adjacent to an activating group) is 1. The Bertz CT molecular complexity index is 786. The summed E-state index contributed by atoms with van der Waals surface area (Å²) in [6.07, 6.45) is 0. The van der Waals surface area contributed by atoms with Gasteiger partial charge in [0.25, 0.3) is 5.91 Å². The number of esters is 2. The van der Waals surface area contributed by atoms with Gasteiger partial charge in [-0.1, -0.05) is 0 Å². The zero-order valence-corrected chi connectivity index (χ0v) is 16.2. The molecule has 2 heterocycles. The molecule has 1 saturated heterocycles. The van der Waals surface area contributed by atoms with E-state index >= 15 is 0 Å².